The van der Waals surface area contributed by atoms with E-state index >= 15 is 0 Å². The molecule has 2 atom stereocenters. The molecule has 3 amide bonds. The first-order valence-corrected chi connectivity index (χ1v) is 9.04. The Hall–Kier alpha value is -3.04. The minimum absolute atomic E-state index is 0.00271. The molecule has 0 aromatic heterocycles. The van der Waals surface area contributed by atoms with E-state index in [0.29, 0.717) is 24.9 Å². The van der Waals surface area contributed by atoms with Gasteiger partial charge in [-0.2, -0.15) is 13.2 Å². The van der Waals surface area contributed by atoms with Gasteiger partial charge in [-0.15, -0.1) is 0 Å². The number of hydrogen-bond acceptors (Lipinski definition) is 4. The predicted octanol–water partition coefficient (Wildman–Crippen LogP) is 2.05. The Bertz CT molecular complexity index is 780. The number of nitrogens with two attached hydrogens (primary N) is 1. The van der Waals surface area contributed by atoms with Crippen LogP contribution in [0, 0.1) is 0 Å². The van der Waals surface area contributed by atoms with E-state index < -0.39 is 35.9 Å². The Balaban J connectivity index is 2.23. The van der Waals surface area contributed by atoms with Crippen LogP contribution >= 0.6 is 0 Å². The van der Waals surface area contributed by atoms with Gasteiger partial charge in [-0.1, -0.05) is 24.3 Å². The number of halogens is 3. The van der Waals surface area contributed by atoms with Crippen LogP contribution in [0.1, 0.15) is 30.4 Å². The van der Waals surface area contributed by atoms with E-state index in [1.165, 1.54) is 24.3 Å². The molecule has 29 heavy (non-hydrogen) atoms. The summed E-state index contributed by atoms with van der Waals surface area (Å²) in [6, 6.07) is 3.89. The molecule has 0 spiro atoms. The SMILES string of the molecule is NC(=O)O[C@H]1CCCCNC(=O)C=C[C@H](Cc2cccc(C(F)(F)F)c2)NC1=O. The van der Waals surface area contributed by atoms with Gasteiger partial charge in [0.25, 0.3) is 5.91 Å². The molecule has 4 N–H and O–H groups in total. The van der Waals surface area contributed by atoms with Gasteiger partial charge in [0.1, 0.15) is 0 Å². The molecule has 1 aromatic carbocycles. The molecule has 7 nitrogen and oxygen atoms in total. The fourth-order valence-corrected chi connectivity index (χ4v) is 2.88. The fourth-order valence-electron chi connectivity index (χ4n) is 2.88. The highest BCUT2D eigenvalue weighted by atomic mass is 19.4. The summed E-state index contributed by atoms with van der Waals surface area (Å²) in [5, 5.41) is 5.26. The van der Waals surface area contributed by atoms with E-state index in [9.17, 15) is 27.6 Å². The third-order valence-corrected chi connectivity index (χ3v) is 4.26. The van der Waals surface area contributed by atoms with Crippen molar-refractivity contribution in [2.45, 2.75) is 44.0 Å². The van der Waals surface area contributed by atoms with Crippen LogP contribution in [0.25, 0.3) is 0 Å². The third kappa shape index (κ3) is 7.47. The number of rotatable bonds is 3. The highest BCUT2D eigenvalue weighted by Gasteiger charge is 2.30. The maximum atomic E-state index is 12.9. The smallest absolute Gasteiger partial charge is 0.416 e. The average Bonchev–Trinajstić information content (AvgIpc) is 2.63. The molecule has 1 aliphatic rings. The van der Waals surface area contributed by atoms with Crippen molar-refractivity contribution in [1.29, 1.82) is 0 Å². The molecule has 0 bridgehead atoms. The lowest BCUT2D eigenvalue weighted by molar-refractivity contribution is -0.137. The minimum atomic E-state index is -4.50. The molecule has 1 aromatic rings. The fraction of sp³-hybridized carbons (Fsp3) is 0.421. The lowest BCUT2D eigenvalue weighted by Crippen LogP contribution is -2.44. The van der Waals surface area contributed by atoms with Crippen molar-refractivity contribution in [1.82, 2.24) is 10.6 Å². The quantitative estimate of drug-likeness (QED) is 0.704. The number of hydrogen-bond donors (Lipinski definition) is 3. The van der Waals surface area contributed by atoms with Gasteiger partial charge in [-0.3, -0.25) is 9.59 Å². The Morgan fingerprint density at radius 3 is 2.69 bits per heavy atom. The molecular formula is C19H22F3N3O4. The van der Waals surface area contributed by atoms with Crippen molar-refractivity contribution in [3.05, 3.63) is 47.5 Å². The van der Waals surface area contributed by atoms with Crippen molar-refractivity contribution in [3.8, 4) is 0 Å². The van der Waals surface area contributed by atoms with Crippen molar-refractivity contribution in [2.24, 2.45) is 5.73 Å². The molecule has 0 aliphatic carbocycles. The molecule has 0 saturated carbocycles. The van der Waals surface area contributed by atoms with Crippen LogP contribution in [0.3, 0.4) is 0 Å². The first-order chi connectivity index (χ1) is 13.6. The van der Waals surface area contributed by atoms with Gasteiger partial charge in [0.2, 0.25) is 5.91 Å². The van der Waals surface area contributed by atoms with Gasteiger partial charge in [0, 0.05) is 12.6 Å². The summed E-state index contributed by atoms with van der Waals surface area (Å²) in [6.45, 7) is 0.367. The van der Waals surface area contributed by atoms with Crippen LogP contribution < -0.4 is 16.4 Å². The third-order valence-electron chi connectivity index (χ3n) is 4.26. The Morgan fingerprint density at radius 2 is 2.00 bits per heavy atom. The van der Waals surface area contributed by atoms with E-state index in [-0.39, 0.29) is 18.7 Å². The zero-order valence-electron chi connectivity index (χ0n) is 15.5. The Morgan fingerprint density at radius 1 is 1.24 bits per heavy atom. The molecule has 158 valence electrons. The van der Waals surface area contributed by atoms with Gasteiger partial charge in [-0.05, 0) is 37.3 Å². The van der Waals surface area contributed by atoms with Crippen LogP contribution in [-0.4, -0.2) is 36.6 Å². The van der Waals surface area contributed by atoms with Gasteiger partial charge in [-0.25, -0.2) is 4.79 Å². The summed E-state index contributed by atoms with van der Waals surface area (Å²) in [7, 11) is 0. The Kier molecular flexibility index (Phi) is 7.63. The predicted molar refractivity (Wildman–Crippen MR) is 97.5 cm³/mol. The summed E-state index contributed by atoms with van der Waals surface area (Å²) >= 11 is 0. The summed E-state index contributed by atoms with van der Waals surface area (Å²) in [5.74, 6) is -1.01. The molecule has 1 heterocycles. The number of carbonyl (C=O) groups excluding carboxylic acids is 3. The molecule has 10 heteroatoms. The number of benzene rings is 1. The summed E-state index contributed by atoms with van der Waals surface area (Å²) in [5.41, 5.74) is 4.52. The zero-order chi connectivity index (χ0) is 21.4. The largest absolute Gasteiger partial charge is 0.436 e. The van der Waals surface area contributed by atoms with E-state index in [1.807, 2.05) is 0 Å². The minimum Gasteiger partial charge on any atom is -0.436 e. The van der Waals surface area contributed by atoms with Crippen LogP contribution in [0.15, 0.2) is 36.4 Å². The maximum Gasteiger partial charge on any atom is 0.416 e. The average molecular weight is 413 g/mol. The van der Waals surface area contributed by atoms with E-state index in [1.54, 1.807) is 0 Å². The number of alkyl halides is 3. The van der Waals surface area contributed by atoms with Crippen LogP contribution in [0.4, 0.5) is 18.0 Å². The molecule has 0 saturated heterocycles. The molecule has 1 aliphatic heterocycles. The number of amides is 3. The maximum absolute atomic E-state index is 12.9. The molecule has 0 fully saturated rings. The topological polar surface area (TPSA) is 111 Å². The molecule has 0 unspecified atom stereocenters. The number of primary amides is 1. The summed E-state index contributed by atoms with van der Waals surface area (Å²) < 4.78 is 43.7. The monoisotopic (exact) mass is 413 g/mol. The normalized spacial score (nSPS) is 21.3. The van der Waals surface area contributed by atoms with Crippen molar-refractivity contribution in [2.75, 3.05) is 6.54 Å². The second kappa shape index (κ2) is 9.94. The van der Waals surface area contributed by atoms with Crippen molar-refractivity contribution < 1.29 is 32.3 Å². The van der Waals surface area contributed by atoms with Crippen LogP contribution in [0.5, 0.6) is 0 Å². The lowest BCUT2D eigenvalue weighted by atomic mass is 10.0. The molecule has 2 rings (SSSR count). The first kappa shape index (κ1) is 22.3. The van der Waals surface area contributed by atoms with Crippen LogP contribution in [-0.2, 0) is 26.9 Å². The molecule has 0 radical (unpaired) electrons. The number of nitrogens with one attached hydrogen (secondary N) is 2. The van der Waals surface area contributed by atoms with E-state index in [2.05, 4.69) is 10.6 Å². The van der Waals surface area contributed by atoms with Crippen molar-refractivity contribution in [3.63, 3.8) is 0 Å². The summed E-state index contributed by atoms with van der Waals surface area (Å²) in [6.07, 6.45) is -2.86. The van der Waals surface area contributed by atoms with E-state index in [0.717, 1.165) is 12.1 Å². The van der Waals surface area contributed by atoms with Gasteiger partial charge in [0.15, 0.2) is 6.10 Å². The Labute approximate surface area is 165 Å². The number of ether oxygens (including phenoxy) is 1. The lowest BCUT2D eigenvalue weighted by Gasteiger charge is -2.21. The standard InChI is InChI=1S/C19H22F3N3O4/c20-19(21,22)13-5-3-4-12(10-13)11-14-7-8-16(26)24-9-2-1-6-15(17(27)25-14)29-18(23)28/h3-5,7-8,10,14-15H,1-2,6,9,11H2,(H2,23,28)(H,24,26)(H,25,27)/t14-,15+/m1/s1. The number of carbonyl (C=O) groups is 3. The van der Waals surface area contributed by atoms with Gasteiger partial charge in [0.05, 0.1) is 11.6 Å². The second-order valence-electron chi connectivity index (χ2n) is 6.59. The second-order valence-corrected chi connectivity index (χ2v) is 6.59. The zero-order valence-corrected chi connectivity index (χ0v) is 15.5. The van der Waals surface area contributed by atoms with Gasteiger partial charge < -0.3 is 21.1 Å². The first-order valence-electron chi connectivity index (χ1n) is 9.04. The van der Waals surface area contributed by atoms with Crippen LogP contribution in [0.2, 0.25) is 0 Å². The molecular weight excluding hydrogens is 391 g/mol. The van der Waals surface area contributed by atoms with E-state index in [4.69, 9.17) is 10.5 Å². The van der Waals surface area contributed by atoms with Crippen molar-refractivity contribution >= 4 is 17.9 Å². The highest BCUT2D eigenvalue weighted by Crippen LogP contribution is 2.29. The highest BCUT2D eigenvalue weighted by molar-refractivity contribution is 5.88. The van der Waals surface area contributed by atoms with Gasteiger partial charge >= 0.3 is 12.3 Å². The summed E-state index contributed by atoms with van der Waals surface area (Å²) in [4.78, 5) is 35.4.